The van der Waals surface area contributed by atoms with Gasteiger partial charge < -0.3 is 20.1 Å². The number of ketones is 2. The highest BCUT2D eigenvalue weighted by molar-refractivity contribution is 6.30. The van der Waals surface area contributed by atoms with E-state index in [2.05, 4.69) is 4.74 Å². The number of esters is 1. The summed E-state index contributed by atoms with van der Waals surface area (Å²) in [6.45, 7) is 1.41. The first kappa shape index (κ1) is 18.6. The monoisotopic (exact) mass is 370 g/mol. The highest BCUT2D eigenvalue weighted by Gasteiger charge is 2.36. The quantitative estimate of drug-likeness (QED) is 0.598. The molecule has 3 rings (SSSR count). The minimum atomic E-state index is -1.52. The lowest BCUT2D eigenvalue weighted by Gasteiger charge is -2.25. The van der Waals surface area contributed by atoms with E-state index in [1.807, 2.05) is 0 Å². The van der Waals surface area contributed by atoms with Crippen LogP contribution in [-0.4, -0.2) is 45.6 Å². The van der Waals surface area contributed by atoms with Gasteiger partial charge in [0.15, 0.2) is 11.6 Å². The normalized spacial score (nSPS) is 14.9. The van der Waals surface area contributed by atoms with Crippen molar-refractivity contribution >= 4 is 17.5 Å². The van der Waals surface area contributed by atoms with Crippen LogP contribution in [0.25, 0.3) is 0 Å². The lowest BCUT2D eigenvalue weighted by atomic mass is 9.81. The van der Waals surface area contributed by atoms with Gasteiger partial charge in [-0.3, -0.25) is 14.4 Å². The number of rotatable bonds is 4. The van der Waals surface area contributed by atoms with Crippen molar-refractivity contribution in [3.8, 4) is 11.5 Å². The number of carbonyl (C=O) groups is 3. The fourth-order valence-electron chi connectivity index (χ4n) is 3.29. The molecule has 0 aliphatic heterocycles. The van der Waals surface area contributed by atoms with Crippen LogP contribution >= 0.6 is 0 Å². The molecule has 0 bridgehead atoms. The van der Waals surface area contributed by atoms with Gasteiger partial charge in [-0.25, -0.2) is 0 Å². The number of aromatic hydroxyl groups is 2. The minimum absolute atomic E-state index is 0.00118. The summed E-state index contributed by atoms with van der Waals surface area (Å²) in [6, 6.07) is 6.93. The van der Waals surface area contributed by atoms with Crippen molar-refractivity contribution < 1.29 is 34.4 Å². The van der Waals surface area contributed by atoms with Crippen LogP contribution in [0.5, 0.6) is 11.5 Å². The van der Waals surface area contributed by atoms with Crippen LogP contribution in [0, 0.1) is 0 Å². The number of methoxy groups -OCH3 is 1. The molecule has 0 saturated carbocycles. The van der Waals surface area contributed by atoms with Gasteiger partial charge in [-0.05, 0) is 24.6 Å². The number of ether oxygens (including phenoxy) is 1. The Bertz CT molecular complexity index is 973. The molecule has 0 aromatic heterocycles. The second-order valence-corrected chi connectivity index (χ2v) is 6.78. The van der Waals surface area contributed by atoms with Crippen molar-refractivity contribution in [3.63, 3.8) is 0 Å². The zero-order chi connectivity index (χ0) is 19.9. The van der Waals surface area contributed by atoms with Gasteiger partial charge in [0, 0.05) is 17.5 Å². The van der Waals surface area contributed by atoms with Crippen LogP contribution in [0.2, 0.25) is 0 Å². The van der Waals surface area contributed by atoms with Gasteiger partial charge in [0.2, 0.25) is 0 Å². The summed E-state index contributed by atoms with van der Waals surface area (Å²) in [5, 5.41) is 31.0. The zero-order valence-electron chi connectivity index (χ0n) is 14.8. The largest absolute Gasteiger partial charge is 0.507 e. The molecule has 1 atom stereocenters. The molecule has 0 heterocycles. The first-order valence-electron chi connectivity index (χ1n) is 8.21. The Hall–Kier alpha value is -3.19. The van der Waals surface area contributed by atoms with Crippen molar-refractivity contribution in [2.24, 2.45) is 0 Å². The van der Waals surface area contributed by atoms with Crippen LogP contribution in [0.1, 0.15) is 50.8 Å². The van der Waals surface area contributed by atoms with E-state index in [9.17, 15) is 29.7 Å². The Morgan fingerprint density at radius 2 is 1.67 bits per heavy atom. The van der Waals surface area contributed by atoms with Gasteiger partial charge in [-0.15, -0.1) is 0 Å². The molecule has 0 spiro atoms. The predicted molar refractivity (Wildman–Crippen MR) is 94.0 cm³/mol. The van der Waals surface area contributed by atoms with Crippen LogP contribution in [0.15, 0.2) is 30.3 Å². The lowest BCUT2D eigenvalue weighted by molar-refractivity contribution is -0.145. The van der Waals surface area contributed by atoms with Crippen molar-refractivity contribution in [2.45, 2.75) is 25.4 Å². The Morgan fingerprint density at radius 3 is 2.33 bits per heavy atom. The average molecular weight is 370 g/mol. The van der Waals surface area contributed by atoms with Crippen molar-refractivity contribution in [1.29, 1.82) is 0 Å². The van der Waals surface area contributed by atoms with E-state index in [0.717, 1.165) is 0 Å². The molecule has 0 amide bonds. The number of phenolic OH excluding ortho intramolecular Hbond substituents is 2. The second kappa shape index (κ2) is 6.51. The second-order valence-electron chi connectivity index (χ2n) is 6.78. The van der Waals surface area contributed by atoms with Crippen molar-refractivity contribution in [2.75, 3.05) is 7.11 Å². The molecule has 140 valence electrons. The Balaban J connectivity index is 2.05. The lowest BCUT2D eigenvalue weighted by Crippen LogP contribution is -2.31. The Morgan fingerprint density at radius 1 is 1.04 bits per heavy atom. The summed E-state index contributed by atoms with van der Waals surface area (Å²) < 4.78 is 4.54. The number of aliphatic hydroxyl groups is 1. The molecule has 7 heteroatoms. The van der Waals surface area contributed by atoms with Gasteiger partial charge in [0.1, 0.15) is 11.5 Å². The maximum atomic E-state index is 12.8. The van der Waals surface area contributed by atoms with Crippen molar-refractivity contribution in [1.82, 2.24) is 0 Å². The van der Waals surface area contributed by atoms with E-state index in [1.165, 1.54) is 44.4 Å². The van der Waals surface area contributed by atoms with E-state index in [-0.39, 0.29) is 46.4 Å². The summed E-state index contributed by atoms with van der Waals surface area (Å²) in [5.74, 6) is -2.51. The van der Waals surface area contributed by atoms with E-state index in [4.69, 9.17) is 0 Å². The van der Waals surface area contributed by atoms with Gasteiger partial charge >= 0.3 is 5.97 Å². The maximum absolute atomic E-state index is 12.8. The molecule has 0 saturated heterocycles. The summed E-state index contributed by atoms with van der Waals surface area (Å²) in [4.78, 5) is 36.9. The average Bonchev–Trinajstić information content (AvgIpc) is 2.60. The van der Waals surface area contributed by atoms with Gasteiger partial charge in [-0.2, -0.15) is 0 Å². The molecular formula is C20H18O7. The fourth-order valence-corrected chi connectivity index (χ4v) is 3.29. The number of benzene rings is 2. The van der Waals surface area contributed by atoms with E-state index >= 15 is 0 Å². The molecular weight excluding hydrogens is 352 g/mol. The molecule has 1 aliphatic carbocycles. The number of hydrogen-bond acceptors (Lipinski definition) is 7. The summed E-state index contributed by atoms with van der Waals surface area (Å²) in [6.07, 6.45) is -0.431. The maximum Gasteiger partial charge on any atom is 0.308 e. The van der Waals surface area contributed by atoms with Crippen LogP contribution in [0.4, 0.5) is 0 Å². The molecule has 0 unspecified atom stereocenters. The Labute approximate surface area is 154 Å². The van der Waals surface area contributed by atoms with E-state index in [1.54, 1.807) is 0 Å². The van der Waals surface area contributed by atoms with Gasteiger partial charge in [0.25, 0.3) is 0 Å². The van der Waals surface area contributed by atoms with Crippen LogP contribution < -0.4 is 0 Å². The third kappa shape index (κ3) is 3.17. The molecule has 7 nitrogen and oxygen atoms in total. The predicted octanol–water partition coefficient (Wildman–Crippen LogP) is 1.73. The first-order chi connectivity index (χ1) is 12.7. The standard InChI is InChI=1S/C20H18O7/c1-20(26,9-14(22)27-2)8-10-6-7-12-16(17(10)23)19(25)11-4-3-5-13(21)15(11)18(12)24/h3-7,21,23,26H,8-9H2,1-2H3/t20-/m1/s1. The third-order valence-electron chi connectivity index (χ3n) is 4.57. The molecule has 2 aromatic rings. The molecule has 0 fully saturated rings. The van der Waals surface area contributed by atoms with Gasteiger partial charge in [-0.1, -0.05) is 18.2 Å². The molecule has 27 heavy (non-hydrogen) atoms. The number of phenols is 2. The third-order valence-corrected chi connectivity index (χ3v) is 4.57. The highest BCUT2D eigenvalue weighted by atomic mass is 16.5. The zero-order valence-corrected chi connectivity index (χ0v) is 14.8. The SMILES string of the molecule is COC(=O)C[C@](C)(O)Cc1ccc2c(c1O)C(=O)c1cccc(O)c1C2=O. The van der Waals surface area contributed by atoms with Crippen molar-refractivity contribution in [3.05, 3.63) is 58.1 Å². The molecule has 1 aliphatic rings. The van der Waals surface area contributed by atoms with Crippen LogP contribution in [0.3, 0.4) is 0 Å². The van der Waals surface area contributed by atoms with Crippen LogP contribution in [-0.2, 0) is 16.0 Å². The number of carbonyl (C=O) groups excluding carboxylic acids is 3. The van der Waals surface area contributed by atoms with E-state index in [0.29, 0.717) is 0 Å². The number of hydrogen-bond donors (Lipinski definition) is 3. The highest BCUT2D eigenvalue weighted by Crippen LogP contribution is 2.38. The summed E-state index contributed by atoms with van der Waals surface area (Å²) in [7, 11) is 1.20. The van der Waals surface area contributed by atoms with E-state index < -0.39 is 28.9 Å². The summed E-state index contributed by atoms with van der Waals surface area (Å²) in [5.41, 5.74) is -1.60. The minimum Gasteiger partial charge on any atom is -0.507 e. The number of fused-ring (bicyclic) bond motifs is 2. The molecule has 3 N–H and O–H groups in total. The summed E-state index contributed by atoms with van der Waals surface area (Å²) >= 11 is 0. The first-order valence-corrected chi connectivity index (χ1v) is 8.21. The molecule has 2 aromatic carbocycles. The fraction of sp³-hybridized carbons (Fsp3) is 0.250. The molecule has 0 radical (unpaired) electrons. The smallest absolute Gasteiger partial charge is 0.308 e. The Kier molecular flexibility index (Phi) is 4.49. The topological polar surface area (TPSA) is 121 Å². The van der Waals surface area contributed by atoms with Gasteiger partial charge in [0.05, 0.1) is 30.3 Å².